The molecule has 0 saturated carbocycles. The minimum atomic E-state index is -1.07. The number of carbonyl (C=O) groups is 4. The molecule has 1 aliphatic rings. The fourth-order valence-corrected chi connectivity index (χ4v) is 2.83. The number of unbranched alkanes of at least 4 members (excludes halogenated alkanes) is 1. The molecule has 1 aromatic carbocycles. The van der Waals surface area contributed by atoms with Gasteiger partial charge in [-0.2, -0.15) is 0 Å². The first-order valence-corrected chi connectivity index (χ1v) is 9.11. The molecule has 0 radical (unpaired) electrons. The van der Waals surface area contributed by atoms with Gasteiger partial charge in [-0.25, -0.2) is 9.59 Å². The summed E-state index contributed by atoms with van der Waals surface area (Å²) in [6, 6.07) is 8.38. The molecule has 1 aromatic rings. The highest BCUT2D eigenvalue weighted by molar-refractivity contribution is 6.09. The van der Waals surface area contributed by atoms with Crippen molar-refractivity contribution in [3.05, 3.63) is 35.9 Å². The van der Waals surface area contributed by atoms with Crippen molar-refractivity contribution >= 4 is 23.9 Å². The van der Waals surface area contributed by atoms with Crippen LogP contribution in [0.25, 0.3) is 0 Å². The number of imide groups is 2. The number of nitrogens with one attached hydrogen (secondary N) is 3. The number of urea groups is 2. The molecule has 0 aromatic heterocycles. The molecule has 2 rings (SSSR count). The minimum Gasteiger partial charge on any atom is -0.338 e. The van der Waals surface area contributed by atoms with Crippen LogP contribution in [0.15, 0.2) is 30.3 Å². The molecule has 6 amide bonds. The summed E-state index contributed by atoms with van der Waals surface area (Å²) in [5.74, 6) is -1.18. The van der Waals surface area contributed by atoms with E-state index in [4.69, 9.17) is 0 Å². The van der Waals surface area contributed by atoms with Crippen LogP contribution in [-0.2, 0) is 16.0 Å². The normalized spacial score (nSPS) is 19.0. The highest BCUT2D eigenvalue weighted by Crippen LogP contribution is 2.23. The lowest BCUT2D eigenvalue weighted by Gasteiger charge is -2.21. The first-order chi connectivity index (χ1) is 12.9. The molecule has 0 unspecified atom stereocenters. The Morgan fingerprint density at radius 2 is 1.89 bits per heavy atom. The van der Waals surface area contributed by atoms with Crippen molar-refractivity contribution in [3.8, 4) is 0 Å². The highest BCUT2D eigenvalue weighted by atomic mass is 16.2. The summed E-state index contributed by atoms with van der Waals surface area (Å²) in [6.07, 6.45) is 2.74. The second-order valence-corrected chi connectivity index (χ2v) is 6.80. The Morgan fingerprint density at radius 3 is 2.56 bits per heavy atom. The number of hydrogen-bond donors (Lipinski definition) is 3. The van der Waals surface area contributed by atoms with Gasteiger partial charge in [0.25, 0.3) is 5.91 Å². The molecule has 8 heteroatoms. The van der Waals surface area contributed by atoms with Gasteiger partial charge in [-0.3, -0.25) is 19.8 Å². The molecule has 0 spiro atoms. The molecule has 0 aliphatic carbocycles. The smallest absolute Gasteiger partial charge is 0.325 e. The molecule has 3 N–H and O–H groups in total. The van der Waals surface area contributed by atoms with Crippen LogP contribution in [-0.4, -0.2) is 47.4 Å². The summed E-state index contributed by atoms with van der Waals surface area (Å²) in [6.45, 7) is 3.59. The van der Waals surface area contributed by atoms with E-state index in [2.05, 4.69) is 16.0 Å². The van der Waals surface area contributed by atoms with E-state index in [9.17, 15) is 19.2 Å². The first-order valence-electron chi connectivity index (χ1n) is 9.11. The molecule has 1 aliphatic heterocycles. The average molecular weight is 374 g/mol. The zero-order valence-corrected chi connectivity index (χ0v) is 15.7. The van der Waals surface area contributed by atoms with Gasteiger partial charge < -0.3 is 10.6 Å². The lowest BCUT2D eigenvalue weighted by molar-refractivity contribution is -0.134. The van der Waals surface area contributed by atoms with Crippen LogP contribution in [0.1, 0.15) is 38.7 Å². The summed E-state index contributed by atoms with van der Waals surface area (Å²) in [5.41, 5.74) is -0.0166. The quantitative estimate of drug-likeness (QED) is 0.474. The molecule has 1 atom stereocenters. The number of carbonyl (C=O) groups excluding carboxylic acids is 4. The topological polar surface area (TPSA) is 108 Å². The van der Waals surface area contributed by atoms with E-state index in [0.29, 0.717) is 19.4 Å². The number of benzene rings is 1. The summed E-state index contributed by atoms with van der Waals surface area (Å²) < 4.78 is 0. The van der Waals surface area contributed by atoms with Gasteiger partial charge in [-0.1, -0.05) is 43.7 Å². The predicted molar refractivity (Wildman–Crippen MR) is 99.9 cm³/mol. The van der Waals surface area contributed by atoms with Crippen LogP contribution >= 0.6 is 0 Å². The van der Waals surface area contributed by atoms with E-state index < -0.39 is 36.0 Å². The molecule has 1 fully saturated rings. The third kappa shape index (κ3) is 5.54. The number of amides is 6. The number of hydrogen-bond acceptors (Lipinski definition) is 4. The van der Waals surface area contributed by atoms with E-state index in [1.54, 1.807) is 6.92 Å². The van der Waals surface area contributed by atoms with Crippen LogP contribution in [0.3, 0.4) is 0 Å². The van der Waals surface area contributed by atoms with Crippen LogP contribution in [0, 0.1) is 0 Å². The SMILES string of the molecule is CCCCNC(=O)NC(=O)CN1C(=O)N[C@](C)(CCc2ccccc2)C1=O. The van der Waals surface area contributed by atoms with E-state index in [1.165, 1.54) is 0 Å². The molecule has 1 heterocycles. The lowest BCUT2D eigenvalue weighted by atomic mass is 9.93. The van der Waals surface area contributed by atoms with Crippen molar-refractivity contribution in [1.82, 2.24) is 20.9 Å². The maximum Gasteiger partial charge on any atom is 0.325 e. The van der Waals surface area contributed by atoms with Crippen LogP contribution < -0.4 is 16.0 Å². The summed E-state index contributed by atoms with van der Waals surface area (Å²) in [7, 11) is 0. The first kappa shape index (κ1) is 20.4. The second kappa shape index (κ2) is 9.16. The van der Waals surface area contributed by atoms with E-state index in [-0.39, 0.29) is 0 Å². The van der Waals surface area contributed by atoms with Gasteiger partial charge in [0.05, 0.1) is 0 Å². The fourth-order valence-electron chi connectivity index (χ4n) is 2.83. The van der Waals surface area contributed by atoms with Crippen molar-refractivity contribution in [2.24, 2.45) is 0 Å². The molecule has 27 heavy (non-hydrogen) atoms. The van der Waals surface area contributed by atoms with Gasteiger partial charge in [0.2, 0.25) is 5.91 Å². The van der Waals surface area contributed by atoms with Crippen molar-refractivity contribution in [3.63, 3.8) is 0 Å². The Balaban J connectivity index is 1.88. The molecule has 8 nitrogen and oxygen atoms in total. The van der Waals surface area contributed by atoms with Gasteiger partial charge >= 0.3 is 12.1 Å². The van der Waals surface area contributed by atoms with Crippen LogP contribution in [0.2, 0.25) is 0 Å². The van der Waals surface area contributed by atoms with Gasteiger partial charge in [-0.05, 0) is 31.7 Å². The number of nitrogens with zero attached hydrogens (tertiary/aromatic N) is 1. The van der Waals surface area contributed by atoms with Gasteiger partial charge in [0.1, 0.15) is 12.1 Å². The zero-order chi connectivity index (χ0) is 19.9. The Hall–Kier alpha value is -2.90. The fraction of sp³-hybridized carbons (Fsp3) is 0.474. The van der Waals surface area contributed by atoms with E-state index in [1.807, 2.05) is 37.3 Å². The van der Waals surface area contributed by atoms with E-state index >= 15 is 0 Å². The van der Waals surface area contributed by atoms with Gasteiger partial charge in [-0.15, -0.1) is 0 Å². The number of rotatable bonds is 8. The monoisotopic (exact) mass is 374 g/mol. The Morgan fingerprint density at radius 1 is 1.19 bits per heavy atom. The molecule has 146 valence electrons. The lowest BCUT2D eigenvalue weighted by Crippen LogP contribution is -2.47. The Labute approximate surface area is 158 Å². The summed E-state index contributed by atoms with van der Waals surface area (Å²) in [5, 5.41) is 7.33. The average Bonchev–Trinajstić information content (AvgIpc) is 2.85. The Kier molecular flexibility index (Phi) is 6.92. The van der Waals surface area contributed by atoms with Crippen molar-refractivity contribution < 1.29 is 19.2 Å². The summed E-state index contributed by atoms with van der Waals surface area (Å²) in [4.78, 5) is 49.2. The predicted octanol–water partition coefficient (Wildman–Crippen LogP) is 1.56. The molecule has 0 bridgehead atoms. The van der Waals surface area contributed by atoms with E-state index in [0.717, 1.165) is 23.3 Å². The molecular formula is C19H26N4O4. The molecule has 1 saturated heterocycles. The minimum absolute atomic E-state index is 0.414. The van der Waals surface area contributed by atoms with Gasteiger partial charge in [0, 0.05) is 6.54 Å². The number of aryl methyl sites for hydroxylation is 1. The van der Waals surface area contributed by atoms with Crippen LogP contribution in [0.5, 0.6) is 0 Å². The van der Waals surface area contributed by atoms with Crippen LogP contribution in [0.4, 0.5) is 9.59 Å². The Bertz CT molecular complexity index is 707. The maximum atomic E-state index is 12.7. The summed E-state index contributed by atoms with van der Waals surface area (Å²) >= 11 is 0. The zero-order valence-electron chi connectivity index (χ0n) is 15.7. The standard InChI is InChI=1S/C19H26N4O4/c1-3-4-12-20-17(26)21-15(24)13-23-16(25)19(2,22-18(23)27)11-10-14-8-6-5-7-9-14/h5-9H,3-4,10-13H2,1-2H3,(H,22,27)(H2,20,21,24,26)/t19-/m1/s1. The highest BCUT2D eigenvalue weighted by Gasteiger charge is 2.47. The third-order valence-electron chi connectivity index (χ3n) is 4.47. The van der Waals surface area contributed by atoms with Crippen molar-refractivity contribution in [2.45, 2.75) is 45.1 Å². The van der Waals surface area contributed by atoms with Crippen molar-refractivity contribution in [2.75, 3.05) is 13.1 Å². The molecular weight excluding hydrogens is 348 g/mol. The largest absolute Gasteiger partial charge is 0.338 e. The van der Waals surface area contributed by atoms with Crippen molar-refractivity contribution in [1.29, 1.82) is 0 Å². The maximum absolute atomic E-state index is 12.7. The second-order valence-electron chi connectivity index (χ2n) is 6.80. The third-order valence-corrected chi connectivity index (χ3v) is 4.47. The van der Waals surface area contributed by atoms with Gasteiger partial charge in [0.15, 0.2) is 0 Å².